The topological polar surface area (TPSA) is 70.7 Å². The molecule has 0 aliphatic heterocycles. The predicted molar refractivity (Wildman–Crippen MR) is 60.4 cm³/mol. The third-order valence-corrected chi connectivity index (χ3v) is 2.93. The molecule has 0 radical (unpaired) electrons. The second-order valence-electron chi connectivity index (χ2n) is 3.96. The van der Waals surface area contributed by atoms with E-state index in [1.54, 1.807) is 6.92 Å². The highest BCUT2D eigenvalue weighted by Gasteiger charge is 2.31. The molecule has 15 heavy (non-hydrogen) atoms. The van der Waals surface area contributed by atoms with Crippen LogP contribution in [0.3, 0.4) is 0 Å². The zero-order chi connectivity index (χ0) is 12.2. The van der Waals surface area contributed by atoms with Crippen LogP contribution < -0.4 is 0 Å². The van der Waals surface area contributed by atoms with Crippen LogP contribution in [0.5, 0.6) is 0 Å². The van der Waals surface area contributed by atoms with Crippen molar-refractivity contribution >= 4 is 8.53 Å². The molecule has 0 aromatic carbocycles. The molecule has 0 heterocycles. The molecule has 2 N–H and O–H groups in total. The van der Waals surface area contributed by atoms with Gasteiger partial charge in [-0.1, -0.05) is 0 Å². The summed E-state index contributed by atoms with van der Waals surface area (Å²) in [6, 6.07) is 1.70. The zero-order valence-corrected chi connectivity index (χ0v) is 10.8. The first-order valence-corrected chi connectivity index (χ1v) is 6.17. The first kappa shape index (κ1) is 14.8. The van der Waals surface area contributed by atoms with E-state index in [1.807, 2.05) is 38.8 Å². The van der Waals surface area contributed by atoms with Crippen LogP contribution in [0.25, 0.3) is 0 Å². The third-order valence-electron chi connectivity index (χ3n) is 2.01. The second-order valence-corrected chi connectivity index (χ2v) is 4.91. The molecule has 0 amide bonds. The lowest BCUT2D eigenvalue weighted by atomic mass is 10.3. The Morgan fingerprint density at radius 3 is 1.67 bits per heavy atom. The van der Waals surface area contributed by atoms with E-state index in [9.17, 15) is 9.79 Å². The van der Waals surface area contributed by atoms with Crippen LogP contribution in [0.15, 0.2) is 0 Å². The SMILES string of the molecule is CC(C)N(C(C)C)N(C(C)C#N)P(O)O. The number of rotatable bonds is 5. The van der Waals surface area contributed by atoms with Gasteiger partial charge in [0.2, 0.25) is 0 Å². The Bertz CT molecular complexity index is 220. The van der Waals surface area contributed by atoms with Gasteiger partial charge in [-0.2, -0.15) is 10.0 Å². The van der Waals surface area contributed by atoms with Crippen molar-refractivity contribution in [1.82, 2.24) is 9.79 Å². The number of nitriles is 1. The van der Waals surface area contributed by atoms with Gasteiger partial charge in [-0.25, -0.2) is 5.01 Å². The largest absolute Gasteiger partial charge is 0.337 e. The average molecular weight is 233 g/mol. The lowest BCUT2D eigenvalue weighted by Crippen LogP contribution is -2.51. The van der Waals surface area contributed by atoms with Crippen molar-refractivity contribution in [1.29, 1.82) is 5.26 Å². The van der Waals surface area contributed by atoms with E-state index in [4.69, 9.17) is 5.26 Å². The molecule has 1 unspecified atom stereocenters. The highest BCUT2D eigenvalue weighted by molar-refractivity contribution is 7.42. The first-order chi connectivity index (χ1) is 6.82. The van der Waals surface area contributed by atoms with Gasteiger partial charge in [-0.3, -0.25) is 0 Å². The summed E-state index contributed by atoms with van der Waals surface area (Å²) < 4.78 is 1.35. The molecule has 0 aromatic rings. The first-order valence-electron chi connectivity index (χ1n) is 4.97. The second kappa shape index (κ2) is 6.37. The normalized spacial score (nSPS) is 14.3. The zero-order valence-electron chi connectivity index (χ0n) is 9.92. The van der Waals surface area contributed by atoms with E-state index >= 15 is 0 Å². The van der Waals surface area contributed by atoms with E-state index < -0.39 is 14.6 Å². The molecule has 0 fully saturated rings. The highest BCUT2D eigenvalue weighted by Crippen LogP contribution is 2.36. The van der Waals surface area contributed by atoms with Crippen LogP contribution in [-0.4, -0.2) is 37.7 Å². The van der Waals surface area contributed by atoms with E-state index in [0.29, 0.717) is 0 Å². The summed E-state index contributed by atoms with van der Waals surface area (Å²) in [7, 11) is -2.28. The smallest absolute Gasteiger partial charge is 0.269 e. The third kappa shape index (κ3) is 4.02. The Kier molecular flexibility index (Phi) is 6.26. The van der Waals surface area contributed by atoms with Crippen LogP contribution in [0.4, 0.5) is 0 Å². The van der Waals surface area contributed by atoms with E-state index in [1.165, 1.54) is 4.78 Å². The predicted octanol–water partition coefficient (Wildman–Crippen LogP) is 1.45. The molecule has 88 valence electrons. The molecule has 0 aliphatic rings. The Hall–Kier alpha value is -0.240. The molecule has 0 aliphatic carbocycles. The Labute approximate surface area is 92.9 Å². The summed E-state index contributed by atoms with van der Waals surface area (Å²) in [4.78, 5) is 18.7. The van der Waals surface area contributed by atoms with Crippen LogP contribution in [0, 0.1) is 11.3 Å². The van der Waals surface area contributed by atoms with Crippen molar-refractivity contribution in [2.75, 3.05) is 0 Å². The van der Waals surface area contributed by atoms with Crippen molar-refractivity contribution in [3.05, 3.63) is 0 Å². The van der Waals surface area contributed by atoms with Gasteiger partial charge in [-0.15, -0.1) is 0 Å². The van der Waals surface area contributed by atoms with Gasteiger partial charge in [0.1, 0.15) is 6.04 Å². The van der Waals surface area contributed by atoms with E-state index in [0.717, 1.165) is 0 Å². The summed E-state index contributed by atoms with van der Waals surface area (Å²) in [5.41, 5.74) is 0. The van der Waals surface area contributed by atoms with Crippen LogP contribution in [0.1, 0.15) is 34.6 Å². The molecule has 5 nitrogen and oxygen atoms in total. The molecule has 0 aromatic heterocycles. The minimum Gasteiger partial charge on any atom is -0.337 e. The van der Waals surface area contributed by atoms with Crippen molar-refractivity contribution in [3.8, 4) is 6.07 Å². The van der Waals surface area contributed by atoms with Gasteiger partial charge in [0, 0.05) is 12.1 Å². The molecule has 0 rings (SSSR count). The fraction of sp³-hybridized carbons (Fsp3) is 0.889. The van der Waals surface area contributed by atoms with Crippen molar-refractivity contribution in [2.45, 2.75) is 52.7 Å². The van der Waals surface area contributed by atoms with Gasteiger partial charge >= 0.3 is 0 Å². The molecule has 0 saturated carbocycles. The maximum atomic E-state index is 9.34. The van der Waals surface area contributed by atoms with Gasteiger partial charge < -0.3 is 9.79 Å². The fourth-order valence-corrected chi connectivity index (χ4v) is 2.53. The lowest BCUT2D eigenvalue weighted by Gasteiger charge is -2.41. The number of nitrogens with zero attached hydrogens (tertiary/aromatic N) is 3. The van der Waals surface area contributed by atoms with E-state index in [-0.39, 0.29) is 12.1 Å². The monoisotopic (exact) mass is 233 g/mol. The maximum Gasteiger partial charge on any atom is 0.269 e. The molecule has 0 spiro atoms. The standard InChI is InChI=1S/C9H20N3O2P/c1-7(2)11(8(3)4)12(15(13)14)9(5)6-10/h7-9,13-14H,1-5H3. The van der Waals surface area contributed by atoms with Gasteiger partial charge in [0.25, 0.3) is 8.53 Å². The average Bonchev–Trinajstić information content (AvgIpc) is 2.10. The van der Waals surface area contributed by atoms with Crippen molar-refractivity contribution in [2.24, 2.45) is 0 Å². The van der Waals surface area contributed by atoms with Gasteiger partial charge in [0.15, 0.2) is 0 Å². The number of hydrazine groups is 1. The van der Waals surface area contributed by atoms with Gasteiger partial charge in [-0.05, 0) is 34.6 Å². The summed E-state index contributed by atoms with van der Waals surface area (Å²) in [6.07, 6.45) is 0. The Morgan fingerprint density at radius 1 is 1.07 bits per heavy atom. The molecular weight excluding hydrogens is 213 g/mol. The minimum atomic E-state index is -2.28. The molecule has 6 heteroatoms. The lowest BCUT2D eigenvalue weighted by molar-refractivity contribution is -0.0275. The molecule has 0 bridgehead atoms. The van der Waals surface area contributed by atoms with Crippen LogP contribution in [0.2, 0.25) is 0 Å². The summed E-state index contributed by atoms with van der Waals surface area (Å²) in [5.74, 6) is 0. The summed E-state index contributed by atoms with van der Waals surface area (Å²) in [6.45, 7) is 9.47. The Morgan fingerprint density at radius 2 is 1.47 bits per heavy atom. The minimum absolute atomic E-state index is 0.116. The molecule has 1 atom stereocenters. The summed E-state index contributed by atoms with van der Waals surface area (Å²) in [5, 5.41) is 10.7. The summed E-state index contributed by atoms with van der Waals surface area (Å²) >= 11 is 0. The number of hydrogen-bond acceptors (Lipinski definition) is 5. The molecular formula is C9H20N3O2P. The fourth-order valence-electron chi connectivity index (χ4n) is 1.57. The van der Waals surface area contributed by atoms with Crippen LogP contribution in [-0.2, 0) is 0 Å². The van der Waals surface area contributed by atoms with Crippen molar-refractivity contribution < 1.29 is 9.79 Å². The quantitative estimate of drug-likeness (QED) is 0.555. The van der Waals surface area contributed by atoms with Crippen molar-refractivity contribution in [3.63, 3.8) is 0 Å². The highest BCUT2D eigenvalue weighted by atomic mass is 31.2. The number of hydrogen-bond donors (Lipinski definition) is 2. The molecule has 0 saturated heterocycles. The van der Waals surface area contributed by atoms with E-state index in [2.05, 4.69) is 0 Å². The van der Waals surface area contributed by atoms with Crippen LogP contribution >= 0.6 is 8.53 Å². The van der Waals surface area contributed by atoms with Gasteiger partial charge in [0.05, 0.1) is 6.07 Å². The maximum absolute atomic E-state index is 9.34. The Balaban J connectivity index is 4.94.